The summed E-state index contributed by atoms with van der Waals surface area (Å²) in [6.45, 7) is 4.45. The second-order valence-electron chi connectivity index (χ2n) is 4.27. The Labute approximate surface area is 105 Å². The van der Waals surface area contributed by atoms with Crippen molar-refractivity contribution in [3.05, 3.63) is 34.2 Å². The zero-order valence-corrected chi connectivity index (χ0v) is 10.5. The fraction of sp³-hybridized carbons (Fsp3) is 0.462. The number of aromatic nitrogens is 2. The van der Waals surface area contributed by atoms with Gasteiger partial charge in [0.15, 0.2) is 0 Å². The lowest BCUT2D eigenvalue weighted by Gasteiger charge is -2.25. The molecule has 1 unspecified atom stereocenters. The topological polar surface area (TPSA) is 67.9 Å². The molecule has 0 saturated heterocycles. The van der Waals surface area contributed by atoms with Crippen LogP contribution >= 0.6 is 0 Å². The monoisotopic (exact) mass is 245 g/mol. The van der Waals surface area contributed by atoms with E-state index in [4.69, 9.17) is 10.00 Å². The molecule has 1 aliphatic rings. The van der Waals surface area contributed by atoms with Crippen LogP contribution in [0.2, 0.25) is 0 Å². The lowest BCUT2D eigenvalue weighted by Crippen LogP contribution is -2.32. The first-order chi connectivity index (χ1) is 8.69. The first kappa shape index (κ1) is 12.4. The molecule has 0 aromatic carbocycles. The predicted octanol–water partition coefficient (Wildman–Crippen LogP) is 1.85. The number of hydrogen-bond acceptors (Lipinski definition) is 4. The van der Waals surface area contributed by atoms with Crippen LogP contribution in [0.4, 0.5) is 0 Å². The Kier molecular flexibility index (Phi) is 3.47. The van der Waals surface area contributed by atoms with Crippen LogP contribution < -0.4 is 5.56 Å². The highest BCUT2D eigenvalue weighted by Gasteiger charge is 2.23. The minimum Gasteiger partial charge on any atom is -0.501 e. The Bertz CT molecular complexity index is 581. The molecule has 2 heterocycles. The van der Waals surface area contributed by atoms with Gasteiger partial charge in [-0.15, -0.1) is 0 Å². The van der Waals surface area contributed by atoms with Crippen molar-refractivity contribution < 1.29 is 4.74 Å². The van der Waals surface area contributed by atoms with Gasteiger partial charge in [-0.05, 0) is 26.7 Å². The van der Waals surface area contributed by atoms with E-state index in [2.05, 4.69) is 4.98 Å². The van der Waals surface area contributed by atoms with Gasteiger partial charge >= 0.3 is 0 Å². The fourth-order valence-electron chi connectivity index (χ4n) is 2.09. The quantitative estimate of drug-likeness (QED) is 0.746. The van der Waals surface area contributed by atoms with Crippen molar-refractivity contribution in [3.8, 4) is 6.07 Å². The van der Waals surface area contributed by atoms with Crippen LogP contribution in [0, 0.1) is 11.3 Å². The molecule has 5 nitrogen and oxygen atoms in total. The Morgan fingerprint density at radius 1 is 1.72 bits per heavy atom. The van der Waals surface area contributed by atoms with E-state index < -0.39 is 0 Å². The third-order valence-electron chi connectivity index (χ3n) is 3.07. The van der Waals surface area contributed by atoms with Gasteiger partial charge in [0.05, 0.1) is 19.1 Å². The highest BCUT2D eigenvalue weighted by atomic mass is 16.5. The van der Waals surface area contributed by atoms with Gasteiger partial charge < -0.3 is 4.74 Å². The van der Waals surface area contributed by atoms with Gasteiger partial charge in [-0.25, -0.2) is 4.98 Å². The molecule has 1 aromatic rings. The van der Waals surface area contributed by atoms with Crippen LogP contribution in [0.3, 0.4) is 0 Å². The molecule has 0 fully saturated rings. The zero-order chi connectivity index (χ0) is 13.1. The van der Waals surface area contributed by atoms with E-state index in [1.165, 1.54) is 6.20 Å². The number of allylic oxidation sites excluding steroid dienone is 1. The van der Waals surface area contributed by atoms with Gasteiger partial charge in [0.25, 0.3) is 5.56 Å². The summed E-state index contributed by atoms with van der Waals surface area (Å²) in [5.41, 5.74) is 0.733. The molecule has 5 heteroatoms. The average molecular weight is 245 g/mol. The normalized spacial score (nSPS) is 20.3. The maximum atomic E-state index is 12.1. The molecule has 0 saturated carbocycles. The average Bonchev–Trinajstić information content (AvgIpc) is 2.38. The van der Waals surface area contributed by atoms with Crippen molar-refractivity contribution >= 4 is 5.57 Å². The van der Waals surface area contributed by atoms with Gasteiger partial charge in [-0.3, -0.25) is 9.36 Å². The molecule has 94 valence electrons. The largest absolute Gasteiger partial charge is 0.501 e. The van der Waals surface area contributed by atoms with Crippen LogP contribution in [-0.2, 0) is 4.74 Å². The molecule has 0 radical (unpaired) electrons. The van der Waals surface area contributed by atoms with Gasteiger partial charge in [-0.1, -0.05) is 0 Å². The number of nitrogens with zero attached hydrogens (tertiary/aromatic N) is 3. The van der Waals surface area contributed by atoms with Crippen LogP contribution in [-0.4, -0.2) is 16.2 Å². The maximum absolute atomic E-state index is 12.1. The van der Waals surface area contributed by atoms with Gasteiger partial charge in [0.2, 0.25) is 0 Å². The summed E-state index contributed by atoms with van der Waals surface area (Å²) in [5.74, 6) is 0.617. The van der Waals surface area contributed by atoms with E-state index in [9.17, 15) is 4.79 Å². The van der Waals surface area contributed by atoms with Gasteiger partial charge in [0, 0.05) is 11.6 Å². The van der Waals surface area contributed by atoms with E-state index >= 15 is 0 Å². The zero-order valence-electron chi connectivity index (χ0n) is 10.5. The Balaban J connectivity index is 2.58. The number of rotatable bonds is 2. The lowest BCUT2D eigenvalue weighted by atomic mass is 10.0. The van der Waals surface area contributed by atoms with Crippen molar-refractivity contribution in [3.63, 3.8) is 0 Å². The second-order valence-corrected chi connectivity index (χ2v) is 4.27. The summed E-state index contributed by atoms with van der Waals surface area (Å²) < 4.78 is 6.87. The number of nitriles is 1. The van der Waals surface area contributed by atoms with Crippen molar-refractivity contribution in [2.45, 2.75) is 32.7 Å². The minimum atomic E-state index is -0.267. The smallest absolute Gasteiger partial charge is 0.271 e. The predicted molar refractivity (Wildman–Crippen MR) is 66.8 cm³/mol. The number of hydrogen-bond donors (Lipinski definition) is 0. The van der Waals surface area contributed by atoms with Crippen molar-refractivity contribution in [1.29, 1.82) is 5.26 Å². The van der Waals surface area contributed by atoms with E-state index in [1.807, 2.05) is 19.9 Å². The first-order valence-electron chi connectivity index (χ1n) is 6.01. The summed E-state index contributed by atoms with van der Waals surface area (Å²) >= 11 is 0. The maximum Gasteiger partial charge on any atom is 0.271 e. The standard InChI is InChI=1S/C13H15N3O2/c1-3-18-8-10-5-4-9(2)16-12(10)15-7-11(6-14)13(16)17/h7-9H,3-5H2,1-2H3/b10-8+. The molecule has 0 N–H and O–H groups in total. The second kappa shape index (κ2) is 5.05. The van der Waals surface area contributed by atoms with Gasteiger partial charge in [-0.2, -0.15) is 5.26 Å². The van der Waals surface area contributed by atoms with Crippen LogP contribution in [0.15, 0.2) is 17.3 Å². The molecule has 0 spiro atoms. The summed E-state index contributed by atoms with van der Waals surface area (Å²) in [6.07, 6.45) is 4.68. The van der Waals surface area contributed by atoms with Crippen LogP contribution in [0.1, 0.15) is 44.1 Å². The molecular formula is C13H15N3O2. The summed E-state index contributed by atoms with van der Waals surface area (Å²) in [6, 6.07) is 1.94. The molecular weight excluding hydrogens is 230 g/mol. The highest BCUT2D eigenvalue weighted by molar-refractivity contribution is 5.60. The molecule has 1 aliphatic heterocycles. The third kappa shape index (κ3) is 2.02. The van der Waals surface area contributed by atoms with Crippen molar-refractivity contribution in [2.75, 3.05) is 6.61 Å². The summed E-state index contributed by atoms with van der Waals surface area (Å²) in [7, 11) is 0. The van der Waals surface area contributed by atoms with E-state index in [-0.39, 0.29) is 17.2 Å². The first-order valence-corrected chi connectivity index (χ1v) is 6.01. The fourth-order valence-corrected chi connectivity index (χ4v) is 2.09. The molecule has 18 heavy (non-hydrogen) atoms. The number of fused-ring (bicyclic) bond motifs is 1. The number of ether oxygens (including phenoxy) is 1. The molecule has 0 aliphatic carbocycles. The molecule has 1 aromatic heterocycles. The minimum absolute atomic E-state index is 0.0621. The summed E-state index contributed by atoms with van der Waals surface area (Å²) in [5, 5.41) is 8.87. The molecule has 1 atom stereocenters. The Hall–Kier alpha value is -2.09. The molecule has 0 amide bonds. The van der Waals surface area contributed by atoms with Crippen molar-refractivity contribution in [1.82, 2.24) is 9.55 Å². The molecule has 0 bridgehead atoms. The van der Waals surface area contributed by atoms with E-state index in [1.54, 1.807) is 10.8 Å². The lowest BCUT2D eigenvalue weighted by molar-refractivity contribution is 0.268. The summed E-state index contributed by atoms with van der Waals surface area (Å²) in [4.78, 5) is 16.3. The third-order valence-corrected chi connectivity index (χ3v) is 3.07. The van der Waals surface area contributed by atoms with E-state index in [0.29, 0.717) is 12.4 Å². The molecule has 2 rings (SSSR count). The van der Waals surface area contributed by atoms with E-state index in [0.717, 1.165) is 18.4 Å². The Morgan fingerprint density at radius 3 is 3.17 bits per heavy atom. The van der Waals surface area contributed by atoms with Crippen LogP contribution in [0.25, 0.3) is 5.57 Å². The van der Waals surface area contributed by atoms with Crippen LogP contribution in [0.5, 0.6) is 0 Å². The van der Waals surface area contributed by atoms with Crippen molar-refractivity contribution in [2.24, 2.45) is 0 Å². The van der Waals surface area contributed by atoms with Gasteiger partial charge in [0.1, 0.15) is 17.5 Å². The Morgan fingerprint density at radius 2 is 2.50 bits per heavy atom. The highest BCUT2D eigenvalue weighted by Crippen LogP contribution is 2.29. The SMILES string of the molecule is CCO/C=C1\CCC(C)n2c1ncc(C#N)c2=O.